The van der Waals surface area contributed by atoms with E-state index in [0.717, 1.165) is 11.3 Å². The van der Waals surface area contributed by atoms with Crippen LogP contribution in [-0.4, -0.2) is 18.6 Å². The van der Waals surface area contributed by atoms with Crippen LogP contribution in [0.1, 0.15) is 32.0 Å². The molecule has 0 amide bonds. The summed E-state index contributed by atoms with van der Waals surface area (Å²) in [5.41, 5.74) is 1.72. The Balaban J connectivity index is 2.31. The SMILES string of the molecule is Cc1ccc(S(=O)(=O)Nc2cc(C(C)(C)C)[nH]n2)c(Br)c1. The lowest BCUT2D eigenvalue weighted by molar-refractivity contribution is 0.567. The Morgan fingerprint density at radius 1 is 1.24 bits per heavy atom. The van der Waals surface area contributed by atoms with Crippen LogP contribution in [0.4, 0.5) is 5.82 Å². The van der Waals surface area contributed by atoms with Gasteiger partial charge in [0.15, 0.2) is 5.82 Å². The summed E-state index contributed by atoms with van der Waals surface area (Å²) in [6, 6.07) is 6.79. The molecule has 2 aromatic rings. The number of benzene rings is 1. The van der Waals surface area contributed by atoms with Crippen molar-refractivity contribution < 1.29 is 8.42 Å². The molecule has 2 N–H and O–H groups in total. The van der Waals surface area contributed by atoms with Crippen LogP contribution in [0.2, 0.25) is 0 Å². The van der Waals surface area contributed by atoms with Gasteiger partial charge < -0.3 is 0 Å². The van der Waals surface area contributed by atoms with Gasteiger partial charge >= 0.3 is 0 Å². The van der Waals surface area contributed by atoms with Crippen molar-refractivity contribution in [3.05, 3.63) is 40.0 Å². The van der Waals surface area contributed by atoms with Crippen LogP contribution < -0.4 is 4.72 Å². The Labute approximate surface area is 133 Å². The number of nitrogens with one attached hydrogen (secondary N) is 2. The molecular formula is C14H18BrN3O2S. The first-order valence-electron chi connectivity index (χ1n) is 6.44. The maximum Gasteiger partial charge on any atom is 0.264 e. The van der Waals surface area contributed by atoms with Crippen LogP contribution in [-0.2, 0) is 15.4 Å². The predicted molar refractivity (Wildman–Crippen MR) is 87.0 cm³/mol. The van der Waals surface area contributed by atoms with Gasteiger partial charge in [-0.05, 0) is 40.5 Å². The lowest BCUT2D eigenvalue weighted by atomic mass is 9.92. The zero-order valence-electron chi connectivity index (χ0n) is 12.4. The lowest BCUT2D eigenvalue weighted by Crippen LogP contribution is -2.14. The second kappa shape index (κ2) is 5.46. The van der Waals surface area contributed by atoms with E-state index in [0.29, 0.717) is 4.47 Å². The van der Waals surface area contributed by atoms with Gasteiger partial charge in [-0.15, -0.1) is 0 Å². The van der Waals surface area contributed by atoms with Crippen molar-refractivity contribution in [1.29, 1.82) is 0 Å². The lowest BCUT2D eigenvalue weighted by Gasteiger charge is -2.14. The topological polar surface area (TPSA) is 74.8 Å². The number of H-pyrrole nitrogens is 1. The molecule has 0 unspecified atom stereocenters. The van der Waals surface area contributed by atoms with E-state index >= 15 is 0 Å². The summed E-state index contributed by atoms with van der Waals surface area (Å²) < 4.78 is 27.8. The third-order valence-electron chi connectivity index (χ3n) is 3.00. The van der Waals surface area contributed by atoms with Crippen LogP contribution in [0.25, 0.3) is 0 Å². The molecule has 1 aromatic carbocycles. The molecule has 0 fully saturated rings. The summed E-state index contributed by atoms with van der Waals surface area (Å²) in [4.78, 5) is 0.188. The Bertz CT molecular complexity index is 761. The number of anilines is 1. The van der Waals surface area contributed by atoms with Gasteiger partial charge in [-0.3, -0.25) is 9.82 Å². The maximum atomic E-state index is 12.4. The van der Waals surface area contributed by atoms with Crippen molar-refractivity contribution in [3.63, 3.8) is 0 Å². The standard InChI is InChI=1S/C14H18BrN3O2S/c1-9-5-6-11(10(15)7-9)21(19,20)18-13-8-12(16-17-13)14(2,3)4/h5-8H,1-4H3,(H2,16,17,18). The van der Waals surface area contributed by atoms with Crippen LogP contribution in [0, 0.1) is 6.92 Å². The van der Waals surface area contributed by atoms with Gasteiger partial charge in [0.1, 0.15) is 4.90 Å². The van der Waals surface area contributed by atoms with Crippen LogP contribution in [0.15, 0.2) is 33.6 Å². The molecule has 0 radical (unpaired) electrons. The minimum atomic E-state index is -3.67. The van der Waals surface area contributed by atoms with Crippen LogP contribution in [0.3, 0.4) is 0 Å². The molecule has 5 nitrogen and oxygen atoms in total. The average Bonchev–Trinajstić information content (AvgIpc) is 2.75. The molecule has 0 aliphatic rings. The average molecular weight is 372 g/mol. The molecule has 0 bridgehead atoms. The quantitative estimate of drug-likeness (QED) is 0.865. The fourth-order valence-electron chi connectivity index (χ4n) is 1.77. The predicted octanol–water partition coefficient (Wildman–Crippen LogP) is 3.58. The van der Waals surface area contributed by atoms with Crippen molar-refractivity contribution in [2.24, 2.45) is 0 Å². The maximum absolute atomic E-state index is 12.4. The molecule has 0 saturated heterocycles. The highest BCUT2D eigenvalue weighted by Crippen LogP contribution is 2.26. The number of sulfonamides is 1. The fourth-order valence-corrected chi connectivity index (χ4v) is 3.96. The van der Waals surface area contributed by atoms with Crippen molar-refractivity contribution >= 4 is 31.8 Å². The van der Waals surface area contributed by atoms with E-state index in [1.54, 1.807) is 24.3 Å². The molecule has 0 atom stereocenters. The minimum absolute atomic E-state index is 0.124. The van der Waals surface area contributed by atoms with Gasteiger partial charge in [0.25, 0.3) is 10.0 Å². The summed E-state index contributed by atoms with van der Waals surface area (Å²) in [7, 11) is -3.67. The number of rotatable bonds is 3. The van der Waals surface area contributed by atoms with E-state index in [1.165, 1.54) is 0 Å². The number of aromatic amines is 1. The number of aryl methyl sites for hydroxylation is 1. The molecule has 0 aliphatic heterocycles. The van der Waals surface area contributed by atoms with Crippen LogP contribution >= 0.6 is 15.9 Å². The molecule has 7 heteroatoms. The highest BCUT2D eigenvalue weighted by molar-refractivity contribution is 9.10. The highest BCUT2D eigenvalue weighted by atomic mass is 79.9. The van der Waals surface area contributed by atoms with E-state index in [2.05, 4.69) is 30.8 Å². The summed E-state index contributed by atoms with van der Waals surface area (Å²) in [6.07, 6.45) is 0. The first kappa shape index (κ1) is 16.0. The van der Waals surface area contributed by atoms with E-state index in [-0.39, 0.29) is 16.1 Å². The van der Waals surface area contributed by atoms with Crippen molar-refractivity contribution in [2.45, 2.75) is 38.0 Å². The highest BCUT2D eigenvalue weighted by Gasteiger charge is 2.21. The smallest absolute Gasteiger partial charge is 0.264 e. The van der Waals surface area contributed by atoms with Gasteiger partial charge in [0, 0.05) is 21.6 Å². The van der Waals surface area contributed by atoms with Gasteiger partial charge in [0.05, 0.1) is 0 Å². The molecule has 0 spiro atoms. The largest absolute Gasteiger partial charge is 0.280 e. The number of aromatic nitrogens is 2. The fraction of sp³-hybridized carbons (Fsp3) is 0.357. The molecule has 1 heterocycles. The third kappa shape index (κ3) is 3.65. The van der Waals surface area contributed by atoms with Gasteiger partial charge in [0.2, 0.25) is 0 Å². The van der Waals surface area contributed by atoms with Crippen LogP contribution in [0.5, 0.6) is 0 Å². The molecule has 114 valence electrons. The summed E-state index contributed by atoms with van der Waals surface area (Å²) in [5.74, 6) is 0.285. The van der Waals surface area contributed by atoms with Crippen molar-refractivity contribution in [3.8, 4) is 0 Å². The normalized spacial score (nSPS) is 12.4. The number of hydrogen-bond acceptors (Lipinski definition) is 3. The summed E-state index contributed by atoms with van der Waals surface area (Å²) >= 11 is 3.29. The minimum Gasteiger partial charge on any atom is -0.280 e. The van der Waals surface area contributed by atoms with E-state index in [4.69, 9.17) is 0 Å². The monoisotopic (exact) mass is 371 g/mol. The molecule has 1 aromatic heterocycles. The number of halogens is 1. The third-order valence-corrected chi connectivity index (χ3v) is 5.33. The summed E-state index contributed by atoms with van der Waals surface area (Å²) in [6.45, 7) is 7.97. The zero-order valence-corrected chi connectivity index (χ0v) is 14.8. The number of hydrogen-bond donors (Lipinski definition) is 2. The van der Waals surface area contributed by atoms with Crippen molar-refractivity contribution in [2.75, 3.05) is 4.72 Å². The Morgan fingerprint density at radius 2 is 1.90 bits per heavy atom. The molecular weight excluding hydrogens is 354 g/mol. The zero-order chi connectivity index (χ0) is 15.8. The second-order valence-corrected chi connectivity index (χ2v) is 8.46. The second-order valence-electron chi connectivity index (χ2n) is 5.96. The molecule has 0 aliphatic carbocycles. The number of nitrogens with zero attached hydrogens (tertiary/aromatic N) is 1. The first-order chi connectivity index (χ1) is 9.59. The van der Waals surface area contributed by atoms with E-state index in [1.807, 2.05) is 27.7 Å². The van der Waals surface area contributed by atoms with E-state index < -0.39 is 10.0 Å². The first-order valence-corrected chi connectivity index (χ1v) is 8.72. The molecule has 2 rings (SSSR count). The Kier molecular flexibility index (Phi) is 4.17. The van der Waals surface area contributed by atoms with Gasteiger partial charge in [-0.2, -0.15) is 5.10 Å². The van der Waals surface area contributed by atoms with Gasteiger partial charge in [-0.25, -0.2) is 8.42 Å². The molecule has 21 heavy (non-hydrogen) atoms. The Morgan fingerprint density at radius 3 is 2.43 bits per heavy atom. The molecule has 0 saturated carbocycles. The Hall–Kier alpha value is -1.34. The van der Waals surface area contributed by atoms with E-state index in [9.17, 15) is 8.42 Å². The summed E-state index contributed by atoms with van der Waals surface area (Å²) in [5, 5.41) is 6.86. The van der Waals surface area contributed by atoms with Crippen molar-refractivity contribution in [1.82, 2.24) is 10.2 Å². The van der Waals surface area contributed by atoms with Gasteiger partial charge in [-0.1, -0.05) is 26.8 Å².